The van der Waals surface area contributed by atoms with Crippen LogP contribution in [-0.4, -0.2) is 68.8 Å². The van der Waals surface area contributed by atoms with E-state index in [0.29, 0.717) is 28.7 Å². The second-order valence-corrected chi connectivity index (χ2v) is 7.81. The molecule has 0 unspecified atom stereocenters. The molecule has 0 spiro atoms. The largest absolute Gasteiger partial charge is 0.496 e. The average molecular weight is 442 g/mol. The van der Waals surface area contributed by atoms with E-state index in [1.54, 1.807) is 20.1 Å². The number of aliphatic hydroxyl groups excluding tert-OH is 4. The van der Waals surface area contributed by atoms with E-state index in [2.05, 4.69) is 10.2 Å². The van der Waals surface area contributed by atoms with Crippen molar-refractivity contribution in [3.8, 4) is 28.3 Å². The fourth-order valence-electron chi connectivity index (χ4n) is 4.07. The molecule has 0 aliphatic carbocycles. The molecule has 0 bridgehead atoms. The topological polar surface area (TPSA) is 138 Å². The van der Waals surface area contributed by atoms with Crippen LogP contribution in [0.5, 0.6) is 5.75 Å². The van der Waals surface area contributed by atoms with E-state index >= 15 is 0 Å². The first-order chi connectivity index (χ1) is 15.3. The van der Waals surface area contributed by atoms with Crippen molar-refractivity contribution in [1.29, 1.82) is 0 Å². The summed E-state index contributed by atoms with van der Waals surface area (Å²) < 4.78 is 16.9. The number of hydrogen-bond acceptors (Lipinski definition) is 9. The lowest BCUT2D eigenvalue weighted by Crippen LogP contribution is -2.55. The first-order valence-electron chi connectivity index (χ1n) is 10.2. The number of hydrogen-bond donors (Lipinski definition) is 4. The van der Waals surface area contributed by atoms with Crippen molar-refractivity contribution >= 4 is 0 Å². The molecule has 32 heavy (non-hydrogen) atoms. The molecule has 5 atom stereocenters. The number of methoxy groups -OCH3 is 1. The molecule has 1 aromatic heterocycles. The molecule has 0 radical (unpaired) electrons. The summed E-state index contributed by atoms with van der Waals surface area (Å²) >= 11 is 0. The summed E-state index contributed by atoms with van der Waals surface area (Å²) in [6.07, 6.45) is -6.10. The van der Waals surface area contributed by atoms with Crippen LogP contribution in [0.1, 0.15) is 23.1 Å². The lowest BCUT2D eigenvalue weighted by Gasteiger charge is -2.40. The number of rotatable bonds is 5. The molecular formula is C23H26N2O7. The first-order valence-corrected chi connectivity index (χ1v) is 10.2. The number of benzene rings is 2. The lowest BCUT2D eigenvalue weighted by molar-refractivity contribution is -0.231. The minimum Gasteiger partial charge on any atom is -0.496 e. The molecule has 3 aromatic rings. The summed E-state index contributed by atoms with van der Waals surface area (Å²) in [4.78, 5) is 0. The quantitative estimate of drug-likeness (QED) is 0.463. The molecule has 1 aliphatic rings. The normalized spacial score (nSPS) is 25.7. The Hall–Kier alpha value is -2.82. The Morgan fingerprint density at radius 1 is 0.969 bits per heavy atom. The second kappa shape index (κ2) is 8.97. The van der Waals surface area contributed by atoms with Crippen LogP contribution in [0.3, 0.4) is 0 Å². The van der Waals surface area contributed by atoms with Crippen LogP contribution >= 0.6 is 0 Å². The highest BCUT2D eigenvalue weighted by molar-refractivity contribution is 5.77. The van der Waals surface area contributed by atoms with E-state index < -0.39 is 37.1 Å². The maximum absolute atomic E-state index is 10.6. The van der Waals surface area contributed by atoms with Gasteiger partial charge in [0.2, 0.25) is 11.8 Å². The van der Waals surface area contributed by atoms with Gasteiger partial charge in [-0.1, -0.05) is 18.2 Å². The summed E-state index contributed by atoms with van der Waals surface area (Å²) in [7, 11) is 1.57. The van der Waals surface area contributed by atoms with Crippen molar-refractivity contribution in [3.05, 3.63) is 53.4 Å². The highest BCUT2D eigenvalue weighted by atomic mass is 16.5. The van der Waals surface area contributed by atoms with Crippen molar-refractivity contribution in [1.82, 2.24) is 10.2 Å². The Kier molecular flexibility index (Phi) is 6.27. The monoisotopic (exact) mass is 442 g/mol. The molecule has 0 amide bonds. The summed E-state index contributed by atoms with van der Waals surface area (Å²) in [5.74, 6) is 1.44. The smallest absolute Gasteiger partial charge is 0.247 e. The van der Waals surface area contributed by atoms with E-state index in [9.17, 15) is 20.4 Å². The molecule has 0 saturated carbocycles. The van der Waals surface area contributed by atoms with Gasteiger partial charge in [-0.25, -0.2) is 0 Å². The minimum atomic E-state index is -1.44. The van der Waals surface area contributed by atoms with E-state index in [1.807, 2.05) is 37.3 Å². The summed E-state index contributed by atoms with van der Waals surface area (Å²) in [6.45, 7) is 3.11. The van der Waals surface area contributed by atoms with Crippen LogP contribution in [0, 0.1) is 13.8 Å². The van der Waals surface area contributed by atoms with Gasteiger partial charge in [0.15, 0.2) is 0 Å². The number of aryl methyl sites for hydroxylation is 1. The molecule has 4 N–H and O–H groups in total. The number of aromatic nitrogens is 2. The lowest BCUT2D eigenvalue weighted by atomic mass is 9.86. The zero-order chi connectivity index (χ0) is 23.0. The van der Waals surface area contributed by atoms with Gasteiger partial charge in [-0.3, -0.25) is 0 Å². The zero-order valence-electron chi connectivity index (χ0n) is 18.0. The highest BCUT2D eigenvalue weighted by Gasteiger charge is 2.44. The van der Waals surface area contributed by atoms with E-state index in [-0.39, 0.29) is 0 Å². The Balaban J connectivity index is 1.74. The predicted molar refractivity (Wildman–Crippen MR) is 114 cm³/mol. The highest BCUT2D eigenvalue weighted by Crippen LogP contribution is 2.40. The summed E-state index contributed by atoms with van der Waals surface area (Å²) in [5, 5.41) is 48.3. The van der Waals surface area contributed by atoms with Gasteiger partial charge >= 0.3 is 0 Å². The van der Waals surface area contributed by atoms with Gasteiger partial charge in [0.1, 0.15) is 36.3 Å². The van der Waals surface area contributed by atoms with Gasteiger partial charge in [-0.15, -0.1) is 10.2 Å². The maximum Gasteiger partial charge on any atom is 0.247 e. The van der Waals surface area contributed by atoms with E-state index in [0.717, 1.165) is 16.7 Å². The van der Waals surface area contributed by atoms with Crippen molar-refractivity contribution < 1.29 is 34.3 Å². The van der Waals surface area contributed by atoms with Crippen LogP contribution in [0.25, 0.3) is 22.6 Å². The average Bonchev–Trinajstić information content (AvgIpc) is 3.24. The molecule has 1 aliphatic heterocycles. The standard InChI is InChI=1S/C23H26N2O7/c1-11-14(16-8-7-13(9-17(16)30-3)23-25-24-12(2)31-23)5-4-6-15(11)22-21(29)20(28)19(27)18(10-26)32-22/h4-9,18-22,26-29H,10H2,1-3H3/t18-,19-,20+,21+,22-/m1/s1. The van der Waals surface area contributed by atoms with Crippen LogP contribution in [0.15, 0.2) is 40.8 Å². The van der Waals surface area contributed by atoms with Crippen molar-refractivity contribution in [2.75, 3.05) is 13.7 Å². The fourth-order valence-corrected chi connectivity index (χ4v) is 4.07. The number of ether oxygens (including phenoxy) is 2. The number of nitrogens with zero attached hydrogens (tertiary/aromatic N) is 2. The SMILES string of the molecule is COc1cc(-c2nnc(C)o2)ccc1-c1cccc([C@H]2O[C@H](CO)[C@@H](O)[C@H](O)[C@@H]2O)c1C. The molecule has 9 nitrogen and oxygen atoms in total. The van der Waals surface area contributed by atoms with Crippen LogP contribution in [-0.2, 0) is 4.74 Å². The number of aliphatic hydroxyl groups is 4. The molecule has 2 aromatic carbocycles. The molecule has 170 valence electrons. The van der Waals surface area contributed by atoms with Crippen LogP contribution in [0.2, 0.25) is 0 Å². The van der Waals surface area contributed by atoms with Crippen molar-refractivity contribution in [2.45, 2.75) is 44.4 Å². The van der Waals surface area contributed by atoms with Gasteiger partial charge in [0.25, 0.3) is 0 Å². The summed E-state index contributed by atoms with van der Waals surface area (Å²) in [5.41, 5.74) is 3.80. The summed E-state index contributed by atoms with van der Waals surface area (Å²) in [6, 6.07) is 11.1. The first kappa shape index (κ1) is 22.4. The van der Waals surface area contributed by atoms with Gasteiger partial charge in [-0.2, -0.15) is 0 Å². The molecule has 4 rings (SSSR count). The Morgan fingerprint density at radius 2 is 1.75 bits per heavy atom. The predicted octanol–water partition coefficient (Wildman–Crippen LogP) is 1.54. The van der Waals surface area contributed by atoms with Crippen LogP contribution in [0.4, 0.5) is 0 Å². The molecule has 1 fully saturated rings. The van der Waals surface area contributed by atoms with E-state index in [4.69, 9.17) is 13.9 Å². The Bertz CT molecular complexity index is 1100. The van der Waals surface area contributed by atoms with E-state index in [1.165, 1.54) is 0 Å². The van der Waals surface area contributed by atoms with Crippen LogP contribution < -0.4 is 4.74 Å². The second-order valence-electron chi connectivity index (χ2n) is 7.81. The molecule has 1 saturated heterocycles. The molecule has 2 heterocycles. The minimum absolute atomic E-state index is 0.388. The maximum atomic E-state index is 10.6. The third kappa shape index (κ3) is 3.89. The van der Waals surface area contributed by atoms with Gasteiger partial charge in [-0.05, 0) is 41.8 Å². The molecule has 9 heteroatoms. The third-order valence-corrected chi connectivity index (χ3v) is 5.84. The Labute approximate surface area is 184 Å². The molecular weight excluding hydrogens is 416 g/mol. The van der Waals surface area contributed by atoms with Gasteiger partial charge in [0, 0.05) is 18.1 Å². The fraction of sp³-hybridized carbons (Fsp3) is 0.391. The zero-order valence-corrected chi connectivity index (χ0v) is 18.0. The Morgan fingerprint density at radius 3 is 2.41 bits per heavy atom. The third-order valence-electron chi connectivity index (χ3n) is 5.84. The van der Waals surface area contributed by atoms with Gasteiger partial charge in [0.05, 0.1) is 13.7 Å². The van der Waals surface area contributed by atoms with Crippen molar-refractivity contribution in [3.63, 3.8) is 0 Å². The van der Waals surface area contributed by atoms with Gasteiger partial charge < -0.3 is 34.3 Å². The van der Waals surface area contributed by atoms with Crippen molar-refractivity contribution in [2.24, 2.45) is 0 Å².